The second kappa shape index (κ2) is 9.13. The van der Waals surface area contributed by atoms with Crippen molar-refractivity contribution >= 4 is 11.9 Å². The number of hydrogen-bond donors (Lipinski definition) is 1. The summed E-state index contributed by atoms with van der Waals surface area (Å²) >= 11 is 0. The van der Waals surface area contributed by atoms with Gasteiger partial charge in [0.25, 0.3) is 5.91 Å². The van der Waals surface area contributed by atoms with Gasteiger partial charge in [-0.15, -0.1) is 0 Å². The molecule has 9 heteroatoms. The second-order valence-electron chi connectivity index (χ2n) is 8.33. The van der Waals surface area contributed by atoms with Crippen molar-refractivity contribution in [3.8, 4) is 0 Å². The number of esters is 1. The maximum absolute atomic E-state index is 12.8. The van der Waals surface area contributed by atoms with Gasteiger partial charge in [0.05, 0.1) is 23.6 Å². The lowest BCUT2D eigenvalue weighted by Crippen LogP contribution is -2.40. The molecule has 31 heavy (non-hydrogen) atoms. The molecule has 0 radical (unpaired) electrons. The Hall–Kier alpha value is -2.81. The molecule has 0 unspecified atom stereocenters. The first-order valence-corrected chi connectivity index (χ1v) is 10.9. The minimum absolute atomic E-state index is 0.0108. The number of aryl methyl sites for hydroxylation is 3. The highest BCUT2D eigenvalue weighted by molar-refractivity contribution is 5.97. The van der Waals surface area contributed by atoms with E-state index in [0.29, 0.717) is 31.6 Å². The van der Waals surface area contributed by atoms with Crippen LogP contribution >= 0.6 is 0 Å². The Bertz CT molecular complexity index is 965. The van der Waals surface area contributed by atoms with Gasteiger partial charge in [-0.1, -0.05) is 6.92 Å². The van der Waals surface area contributed by atoms with E-state index in [9.17, 15) is 9.59 Å². The van der Waals surface area contributed by atoms with Gasteiger partial charge < -0.3 is 14.8 Å². The van der Waals surface area contributed by atoms with Crippen LogP contribution < -0.4 is 5.32 Å². The second-order valence-corrected chi connectivity index (χ2v) is 8.33. The Morgan fingerprint density at radius 1 is 1.35 bits per heavy atom. The SMILES string of the molecule is CCc1nn(CCCOC(=O)c2nccc(C)n2)c2c1C(=O)NCC1(CCOCC1)C2. The Morgan fingerprint density at radius 3 is 2.90 bits per heavy atom. The number of carbonyl (C=O) groups excluding carboxylic acids is 2. The summed E-state index contributed by atoms with van der Waals surface area (Å²) in [7, 11) is 0. The Labute approximate surface area is 181 Å². The summed E-state index contributed by atoms with van der Waals surface area (Å²) in [5.74, 6) is -0.498. The number of fused-ring (bicyclic) bond motifs is 1. The van der Waals surface area contributed by atoms with Gasteiger partial charge in [0.15, 0.2) is 0 Å². The number of ether oxygens (including phenoxy) is 2. The standard InChI is InChI=1S/C22H29N5O4/c1-3-16-18-17(13-22(14-24-20(18)28)6-11-30-12-7-22)27(26-16)9-4-10-31-21(29)19-23-8-5-15(2)25-19/h5,8H,3-4,6-7,9-14H2,1-2H3,(H,24,28). The van der Waals surface area contributed by atoms with Crippen molar-refractivity contribution in [2.75, 3.05) is 26.4 Å². The lowest BCUT2D eigenvalue weighted by Gasteiger charge is -2.36. The van der Waals surface area contributed by atoms with Gasteiger partial charge >= 0.3 is 5.97 Å². The minimum Gasteiger partial charge on any atom is -0.460 e. The smallest absolute Gasteiger partial charge is 0.376 e. The fourth-order valence-corrected chi connectivity index (χ4v) is 4.35. The van der Waals surface area contributed by atoms with E-state index in [0.717, 1.165) is 49.4 Å². The molecule has 1 spiro atoms. The maximum atomic E-state index is 12.8. The zero-order valence-corrected chi connectivity index (χ0v) is 18.1. The largest absolute Gasteiger partial charge is 0.460 e. The summed E-state index contributed by atoms with van der Waals surface area (Å²) in [5.41, 5.74) is 3.25. The van der Waals surface area contributed by atoms with Crippen molar-refractivity contribution in [3.63, 3.8) is 0 Å². The van der Waals surface area contributed by atoms with Gasteiger partial charge in [-0.25, -0.2) is 14.8 Å². The summed E-state index contributed by atoms with van der Waals surface area (Å²) in [6.07, 6.45) is 5.47. The van der Waals surface area contributed by atoms with Crippen LogP contribution in [0.5, 0.6) is 0 Å². The van der Waals surface area contributed by atoms with E-state index >= 15 is 0 Å². The quantitative estimate of drug-likeness (QED) is 0.554. The summed E-state index contributed by atoms with van der Waals surface area (Å²) < 4.78 is 12.8. The normalized spacial score (nSPS) is 17.7. The molecule has 0 atom stereocenters. The fraction of sp³-hybridized carbons (Fsp3) is 0.591. The molecule has 1 N–H and O–H groups in total. The summed E-state index contributed by atoms with van der Waals surface area (Å²) in [6.45, 7) is 6.73. The third kappa shape index (κ3) is 4.61. The minimum atomic E-state index is -0.530. The number of carbonyl (C=O) groups is 2. The number of hydrogen-bond acceptors (Lipinski definition) is 7. The van der Waals surface area contributed by atoms with Crippen LogP contribution in [0, 0.1) is 12.3 Å². The summed E-state index contributed by atoms with van der Waals surface area (Å²) in [5, 5.41) is 7.85. The molecule has 2 aromatic heterocycles. The van der Waals surface area contributed by atoms with Crippen LogP contribution in [0.3, 0.4) is 0 Å². The number of amides is 1. The van der Waals surface area contributed by atoms with Crippen LogP contribution in [0.2, 0.25) is 0 Å². The number of rotatable bonds is 6. The van der Waals surface area contributed by atoms with E-state index in [1.807, 2.05) is 11.6 Å². The third-order valence-electron chi connectivity index (χ3n) is 6.14. The highest BCUT2D eigenvalue weighted by Crippen LogP contribution is 2.37. The number of nitrogens with zero attached hydrogens (tertiary/aromatic N) is 4. The van der Waals surface area contributed by atoms with Crippen molar-refractivity contribution in [2.24, 2.45) is 5.41 Å². The van der Waals surface area contributed by atoms with Crippen LogP contribution in [0.4, 0.5) is 0 Å². The molecule has 1 amide bonds. The van der Waals surface area contributed by atoms with Crippen molar-refractivity contribution in [3.05, 3.63) is 40.7 Å². The molecule has 2 aliphatic heterocycles. The Balaban J connectivity index is 1.45. The lowest BCUT2D eigenvalue weighted by atomic mass is 9.76. The molecule has 166 valence electrons. The fourth-order valence-electron chi connectivity index (χ4n) is 4.35. The van der Waals surface area contributed by atoms with E-state index in [2.05, 4.69) is 15.3 Å². The molecule has 0 aliphatic carbocycles. The Morgan fingerprint density at radius 2 is 2.16 bits per heavy atom. The van der Waals surface area contributed by atoms with Crippen molar-refractivity contribution in [1.82, 2.24) is 25.1 Å². The molecule has 1 saturated heterocycles. The molecule has 1 fully saturated rings. The van der Waals surface area contributed by atoms with E-state index < -0.39 is 5.97 Å². The maximum Gasteiger partial charge on any atom is 0.376 e. The topological polar surface area (TPSA) is 108 Å². The van der Waals surface area contributed by atoms with Gasteiger partial charge in [-0.2, -0.15) is 5.10 Å². The van der Waals surface area contributed by atoms with Crippen LogP contribution in [0.1, 0.15) is 64.2 Å². The van der Waals surface area contributed by atoms with Crippen LogP contribution in [0.25, 0.3) is 0 Å². The average Bonchev–Trinajstić information content (AvgIpc) is 3.05. The van der Waals surface area contributed by atoms with E-state index in [-0.39, 0.29) is 23.8 Å². The van der Waals surface area contributed by atoms with Crippen LogP contribution in [-0.2, 0) is 28.9 Å². The van der Waals surface area contributed by atoms with Crippen LogP contribution in [0.15, 0.2) is 12.3 Å². The van der Waals surface area contributed by atoms with E-state index in [4.69, 9.17) is 14.6 Å². The molecule has 4 heterocycles. The first-order chi connectivity index (χ1) is 15.0. The predicted molar refractivity (Wildman–Crippen MR) is 112 cm³/mol. The van der Waals surface area contributed by atoms with Gasteiger partial charge in [-0.3, -0.25) is 9.48 Å². The van der Waals surface area contributed by atoms with Gasteiger partial charge in [0.1, 0.15) is 0 Å². The zero-order valence-electron chi connectivity index (χ0n) is 18.1. The molecular formula is C22H29N5O4. The van der Waals surface area contributed by atoms with Gasteiger partial charge in [0, 0.05) is 44.6 Å². The Kier molecular flexibility index (Phi) is 6.31. The van der Waals surface area contributed by atoms with Crippen molar-refractivity contribution in [1.29, 1.82) is 0 Å². The molecule has 4 rings (SSSR count). The molecule has 0 saturated carbocycles. The molecule has 0 aromatic carbocycles. The number of nitrogens with one attached hydrogen (secondary N) is 1. The molecule has 9 nitrogen and oxygen atoms in total. The summed E-state index contributed by atoms with van der Waals surface area (Å²) in [6, 6.07) is 1.73. The highest BCUT2D eigenvalue weighted by Gasteiger charge is 2.39. The monoisotopic (exact) mass is 427 g/mol. The highest BCUT2D eigenvalue weighted by atomic mass is 16.5. The zero-order chi connectivity index (χ0) is 21.8. The first kappa shape index (κ1) is 21.4. The number of aromatic nitrogens is 4. The van der Waals surface area contributed by atoms with E-state index in [1.54, 1.807) is 19.2 Å². The molecular weight excluding hydrogens is 398 g/mol. The summed E-state index contributed by atoms with van der Waals surface area (Å²) in [4.78, 5) is 33.0. The third-order valence-corrected chi connectivity index (χ3v) is 6.14. The van der Waals surface area contributed by atoms with Crippen molar-refractivity contribution in [2.45, 2.75) is 52.5 Å². The lowest BCUT2D eigenvalue weighted by molar-refractivity contribution is 0.0152. The van der Waals surface area contributed by atoms with E-state index in [1.165, 1.54) is 0 Å². The molecule has 2 aliphatic rings. The van der Waals surface area contributed by atoms with Crippen LogP contribution in [-0.4, -0.2) is 58.0 Å². The first-order valence-electron chi connectivity index (χ1n) is 10.9. The predicted octanol–water partition coefficient (Wildman–Crippen LogP) is 1.87. The average molecular weight is 428 g/mol. The van der Waals surface area contributed by atoms with Gasteiger partial charge in [0.2, 0.25) is 5.82 Å². The van der Waals surface area contributed by atoms with Gasteiger partial charge in [-0.05, 0) is 44.1 Å². The molecule has 2 aromatic rings. The van der Waals surface area contributed by atoms with Crippen molar-refractivity contribution < 1.29 is 19.1 Å². The molecule has 0 bridgehead atoms.